The summed E-state index contributed by atoms with van der Waals surface area (Å²) in [5.41, 5.74) is 4.76. The predicted molar refractivity (Wildman–Crippen MR) is 108 cm³/mol. The normalized spacial score (nSPS) is 18.5. The van der Waals surface area contributed by atoms with Crippen molar-refractivity contribution in [1.29, 1.82) is 0 Å². The molecule has 2 aliphatic rings. The lowest BCUT2D eigenvalue weighted by Crippen LogP contribution is -2.45. The smallest absolute Gasteiger partial charge is 0.317 e. The zero-order valence-electron chi connectivity index (χ0n) is 17.0. The lowest BCUT2D eigenvalue weighted by molar-refractivity contribution is -0.130. The molecule has 0 atom stereocenters. The van der Waals surface area contributed by atoms with Crippen LogP contribution in [-0.2, 0) is 11.2 Å². The molecule has 1 N–H and O–H groups in total. The molecule has 1 aliphatic carbocycles. The Labute approximate surface area is 163 Å². The van der Waals surface area contributed by atoms with Crippen molar-refractivity contribution in [2.45, 2.75) is 65.3 Å². The molecule has 0 bridgehead atoms. The summed E-state index contributed by atoms with van der Waals surface area (Å²) in [5, 5.41) is 3.16. The Balaban J connectivity index is 1.55. The maximum Gasteiger partial charge on any atom is 0.317 e. The number of rotatable bonds is 3. The largest absolute Gasteiger partial charge is 0.341 e. The van der Waals surface area contributed by atoms with E-state index in [0.717, 1.165) is 37.9 Å². The quantitative estimate of drug-likeness (QED) is 0.886. The second-order valence-corrected chi connectivity index (χ2v) is 8.21. The highest BCUT2D eigenvalue weighted by Gasteiger charge is 2.25. The number of urea groups is 1. The maximum atomic E-state index is 12.9. The highest BCUT2D eigenvalue weighted by Crippen LogP contribution is 2.19. The molecule has 1 saturated heterocycles. The van der Waals surface area contributed by atoms with Gasteiger partial charge in [0.25, 0.3) is 0 Å². The Hall–Kier alpha value is -2.04. The average Bonchev–Trinajstić information content (AvgIpc) is 2.99. The Morgan fingerprint density at radius 3 is 2.19 bits per heavy atom. The molecule has 2 fully saturated rings. The topological polar surface area (TPSA) is 52.7 Å². The van der Waals surface area contributed by atoms with Crippen LogP contribution in [0.4, 0.5) is 4.79 Å². The number of aryl methyl sites for hydroxylation is 3. The molecule has 0 aromatic heterocycles. The predicted octanol–water partition coefficient (Wildman–Crippen LogP) is 3.34. The summed E-state index contributed by atoms with van der Waals surface area (Å²) in [6, 6.07) is 4.67. The average molecular weight is 372 g/mol. The molecule has 5 heteroatoms. The number of amides is 3. The van der Waals surface area contributed by atoms with Gasteiger partial charge in [0.05, 0.1) is 6.42 Å². The summed E-state index contributed by atoms with van der Waals surface area (Å²) < 4.78 is 0. The van der Waals surface area contributed by atoms with Crippen LogP contribution in [0.25, 0.3) is 0 Å². The minimum Gasteiger partial charge on any atom is -0.341 e. The number of hydrogen-bond acceptors (Lipinski definition) is 2. The summed E-state index contributed by atoms with van der Waals surface area (Å²) in [6.45, 7) is 8.96. The summed E-state index contributed by atoms with van der Waals surface area (Å²) in [4.78, 5) is 29.2. The molecular formula is C22H33N3O2. The molecule has 3 amide bonds. The molecule has 0 unspecified atom stereocenters. The van der Waals surface area contributed by atoms with Crippen molar-refractivity contribution in [3.63, 3.8) is 0 Å². The van der Waals surface area contributed by atoms with Gasteiger partial charge in [0.1, 0.15) is 0 Å². The molecule has 0 radical (unpaired) electrons. The van der Waals surface area contributed by atoms with E-state index in [-0.39, 0.29) is 11.9 Å². The van der Waals surface area contributed by atoms with Gasteiger partial charge < -0.3 is 15.1 Å². The van der Waals surface area contributed by atoms with E-state index in [4.69, 9.17) is 0 Å². The van der Waals surface area contributed by atoms with Gasteiger partial charge in [-0.2, -0.15) is 0 Å². The van der Waals surface area contributed by atoms with Crippen LogP contribution in [-0.4, -0.2) is 54.0 Å². The molecule has 1 aromatic carbocycles. The van der Waals surface area contributed by atoms with Crippen molar-refractivity contribution < 1.29 is 9.59 Å². The Kier molecular flexibility index (Phi) is 6.40. The van der Waals surface area contributed by atoms with Crippen LogP contribution in [0, 0.1) is 20.8 Å². The first-order valence-electron chi connectivity index (χ1n) is 10.3. The van der Waals surface area contributed by atoms with Gasteiger partial charge >= 0.3 is 6.03 Å². The van der Waals surface area contributed by atoms with Crippen LogP contribution < -0.4 is 5.32 Å². The summed E-state index contributed by atoms with van der Waals surface area (Å²) >= 11 is 0. The summed E-state index contributed by atoms with van der Waals surface area (Å²) in [6.07, 6.45) is 5.91. The van der Waals surface area contributed by atoms with E-state index in [1.54, 1.807) is 0 Å². The van der Waals surface area contributed by atoms with Crippen LogP contribution in [0.5, 0.6) is 0 Å². The highest BCUT2D eigenvalue weighted by atomic mass is 16.2. The van der Waals surface area contributed by atoms with Crippen molar-refractivity contribution >= 4 is 11.9 Å². The first-order valence-corrected chi connectivity index (χ1v) is 10.3. The number of carbonyl (C=O) groups excluding carboxylic acids is 2. The van der Waals surface area contributed by atoms with Gasteiger partial charge in [-0.3, -0.25) is 4.79 Å². The minimum absolute atomic E-state index is 0.0430. The third-order valence-corrected chi connectivity index (χ3v) is 5.99. The van der Waals surface area contributed by atoms with Gasteiger partial charge in [-0.25, -0.2) is 4.79 Å². The standard InChI is InChI=1S/C22H33N3O2/c1-16-13-17(2)20(18(3)14-16)15-21(26)24-9-6-10-25(12-11-24)22(27)23-19-7-4-5-8-19/h13-14,19H,4-12,15H2,1-3H3,(H,23,27). The Morgan fingerprint density at radius 2 is 1.52 bits per heavy atom. The van der Waals surface area contributed by atoms with Crippen LogP contribution in [0.2, 0.25) is 0 Å². The fourth-order valence-electron chi connectivity index (χ4n) is 4.46. The number of carbonyl (C=O) groups is 2. The summed E-state index contributed by atoms with van der Waals surface area (Å²) in [5.74, 6) is 0.170. The zero-order valence-corrected chi connectivity index (χ0v) is 17.0. The Morgan fingerprint density at radius 1 is 0.926 bits per heavy atom. The van der Waals surface area contributed by atoms with E-state index >= 15 is 0 Å². The van der Waals surface area contributed by atoms with Crippen molar-refractivity contribution in [3.8, 4) is 0 Å². The molecule has 1 heterocycles. The molecule has 5 nitrogen and oxygen atoms in total. The molecule has 1 aliphatic heterocycles. The zero-order chi connectivity index (χ0) is 19.4. The second-order valence-electron chi connectivity index (χ2n) is 8.21. The highest BCUT2D eigenvalue weighted by molar-refractivity contribution is 5.80. The van der Waals surface area contributed by atoms with Crippen LogP contribution in [0.15, 0.2) is 12.1 Å². The molecule has 0 spiro atoms. The summed E-state index contributed by atoms with van der Waals surface area (Å²) in [7, 11) is 0. The van der Waals surface area contributed by atoms with E-state index in [1.165, 1.54) is 29.5 Å². The van der Waals surface area contributed by atoms with E-state index in [2.05, 4.69) is 38.2 Å². The van der Waals surface area contributed by atoms with E-state index < -0.39 is 0 Å². The lowest BCUT2D eigenvalue weighted by atomic mass is 9.97. The van der Waals surface area contributed by atoms with E-state index in [9.17, 15) is 9.59 Å². The van der Waals surface area contributed by atoms with Crippen LogP contribution in [0.3, 0.4) is 0 Å². The molecule has 3 rings (SSSR count). The number of hydrogen-bond donors (Lipinski definition) is 1. The van der Waals surface area contributed by atoms with Crippen LogP contribution in [0.1, 0.15) is 54.4 Å². The number of nitrogens with one attached hydrogen (secondary N) is 1. The third kappa shape index (κ3) is 5.02. The fraction of sp³-hybridized carbons (Fsp3) is 0.636. The minimum atomic E-state index is 0.0430. The molecule has 1 aromatic rings. The molecular weight excluding hydrogens is 338 g/mol. The van der Waals surface area contributed by atoms with Gasteiger partial charge in [0.2, 0.25) is 5.91 Å². The van der Waals surface area contributed by atoms with Gasteiger partial charge in [-0.15, -0.1) is 0 Å². The van der Waals surface area contributed by atoms with Crippen LogP contribution >= 0.6 is 0 Å². The SMILES string of the molecule is Cc1cc(C)c(CC(=O)N2CCCN(C(=O)NC3CCCC3)CC2)c(C)c1. The lowest BCUT2D eigenvalue weighted by Gasteiger charge is -2.24. The van der Waals surface area contributed by atoms with Gasteiger partial charge in [-0.1, -0.05) is 30.5 Å². The fourth-order valence-corrected chi connectivity index (χ4v) is 4.46. The van der Waals surface area contributed by atoms with Crippen molar-refractivity contribution in [1.82, 2.24) is 15.1 Å². The van der Waals surface area contributed by atoms with E-state index in [1.807, 2.05) is 9.80 Å². The molecule has 27 heavy (non-hydrogen) atoms. The monoisotopic (exact) mass is 371 g/mol. The van der Waals surface area contributed by atoms with Crippen molar-refractivity contribution in [3.05, 3.63) is 34.4 Å². The second kappa shape index (κ2) is 8.77. The van der Waals surface area contributed by atoms with E-state index in [0.29, 0.717) is 25.6 Å². The maximum absolute atomic E-state index is 12.9. The molecule has 1 saturated carbocycles. The van der Waals surface area contributed by atoms with Gasteiger partial charge in [0, 0.05) is 32.2 Å². The van der Waals surface area contributed by atoms with Crippen molar-refractivity contribution in [2.24, 2.45) is 0 Å². The number of nitrogens with zero attached hydrogens (tertiary/aromatic N) is 2. The van der Waals surface area contributed by atoms with Gasteiger partial charge in [0.15, 0.2) is 0 Å². The first kappa shape index (κ1) is 19.7. The third-order valence-electron chi connectivity index (χ3n) is 5.99. The number of benzene rings is 1. The molecule has 148 valence electrons. The van der Waals surface area contributed by atoms with Gasteiger partial charge in [-0.05, 0) is 56.7 Å². The Bertz CT molecular complexity index is 672. The van der Waals surface area contributed by atoms with Crippen molar-refractivity contribution in [2.75, 3.05) is 26.2 Å². The first-order chi connectivity index (χ1) is 12.9.